The Labute approximate surface area is 97.7 Å². The van der Waals surface area contributed by atoms with E-state index in [1.54, 1.807) is 0 Å². The fraction of sp³-hybridized carbons (Fsp3) is 0.364. The number of hydrogen-bond donors (Lipinski definition) is 1. The molecule has 0 heterocycles. The van der Waals surface area contributed by atoms with Crippen molar-refractivity contribution in [3.05, 3.63) is 33.9 Å². The molecule has 1 aliphatic carbocycles. The first-order chi connectivity index (χ1) is 8.11. The molecular weight excluding hydrogens is 224 g/mol. The number of rotatable bonds is 4. The van der Waals surface area contributed by atoms with Crippen LogP contribution in [0.4, 0.5) is 5.69 Å². The second-order valence-corrected chi connectivity index (χ2v) is 3.89. The summed E-state index contributed by atoms with van der Waals surface area (Å²) in [5, 5.41) is 13.6. The van der Waals surface area contributed by atoms with Gasteiger partial charge in [-0.25, -0.2) is 0 Å². The summed E-state index contributed by atoms with van der Waals surface area (Å²) in [6.45, 7) is 0. The fourth-order valence-corrected chi connectivity index (χ4v) is 1.47. The smallest absolute Gasteiger partial charge is 0.311 e. The Morgan fingerprint density at radius 2 is 2.24 bits per heavy atom. The van der Waals surface area contributed by atoms with E-state index in [0.717, 1.165) is 12.8 Å². The van der Waals surface area contributed by atoms with Gasteiger partial charge in [0.05, 0.1) is 12.0 Å². The third kappa shape index (κ3) is 2.52. The van der Waals surface area contributed by atoms with E-state index in [-0.39, 0.29) is 28.9 Å². The lowest BCUT2D eigenvalue weighted by atomic mass is 10.1. The Kier molecular flexibility index (Phi) is 2.95. The molecule has 0 saturated heterocycles. The maximum absolute atomic E-state index is 11.7. The van der Waals surface area contributed by atoms with Gasteiger partial charge in [0, 0.05) is 17.7 Å². The van der Waals surface area contributed by atoms with Crippen molar-refractivity contribution < 1.29 is 14.5 Å². The molecule has 0 aliphatic heterocycles. The van der Waals surface area contributed by atoms with Gasteiger partial charge in [0.15, 0.2) is 5.75 Å². The second-order valence-electron chi connectivity index (χ2n) is 3.89. The summed E-state index contributed by atoms with van der Waals surface area (Å²) in [7, 11) is 1.35. The summed E-state index contributed by atoms with van der Waals surface area (Å²) < 4.78 is 4.86. The van der Waals surface area contributed by atoms with Crippen LogP contribution in [-0.4, -0.2) is 24.0 Å². The van der Waals surface area contributed by atoms with Crippen molar-refractivity contribution in [2.75, 3.05) is 7.11 Å². The molecule has 0 unspecified atom stereocenters. The third-order valence-electron chi connectivity index (χ3n) is 2.55. The number of nitro benzene ring substituents is 1. The van der Waals surface area contributed by atoms with Crippen LogP contribution in [0, 0.1) is 10.1 Å². The largest absolute Gasteiger partial charge is 0.490 e. The van der Waals surface area contributed by atoms with E-state index in [1.807, 2.05) is 0 Å². The van der Waals surface area contributed by atoms with Crippen LogP contribution in [0.25, 0.3) is 0 Å². The minimum absolute atomic E-state index is 0.151. The van der Waals surface area contributed by atoms with Gasteiger partial charge in [-0.2, -0.15) is 0 Å². The number of nitrogens with one attached hydrogen (secondary N) is 1. The second kappa shape index (κ2) is 4.40. The summed E-state index contributed by atoms with van der Waals surface area (Å²) in [6, 6.07) is 4.41. The molecule has 1 aromatic carbocycles. The first-order valence-corrected chi connectivity index (χ1v) is 5.25. The van der Waals surface area contributed by atoms with Crippen LogP contribution in [0.1, 0.15) is 23.2 Å². The number of methoxy groups -OCH3 is 1. The van der Waals surface area contributed by atoms with Crippen LogP contribution in [0.2, 0.25) is 0 Å². The molecule has 1 aromatic rings. The molecule has 0 radical (unpaired) electrons. The Bertz CT molecular complexity index is 469. The Hall–Kier alpha value is -2.11. The summed E-state index contributed by atoms with van der Waals surface area (Å²) in [4.78, 5) is 21.9. The third-order valence-corrected chi connectivity index (χ3v) is 2.55. The van der Waals surface area contributed by atoms with Gasteiger partial charge in [-0.05, 0) is 25.0 Å². The number of amides is 1. The molecule has 1 aliphatic rings. The normalized spacial score (nSPS) is 14.2. The maximum Gasteiger partial charge on any atom is 0.311 e. The first-order valence-electron chi connectivity index (χ1n) is 5.25. The summed E-state index contributed by atoms with van der Waals surface area (Å²) >= 11 is 0. The van der Waals surface area contributed by atoms with E-state index >= 15 is 0 Å². The van der Waals surface area contributed by atoms with Crippen LogP contribution < -0.4 is 10.1 Å². The highest BCUT2D eigenvalue weighted by atomic mass is 16.6. The quantitative estimate of drug-likeness (QED) is 0.634. The molecule has 1 saturated carbocycles. The lowest BCUT2D eigenvalue weighted by Gasteiger charge is -2.05. The first kappa shape index (κ1) is 11.4. The Morgan fingerprint density at radius 3 is 2.76 bits per heavy atom. The van der Waals surface area contributed by atoms with Crippen LogP contribution in [0.3, 0.4) is 0 Å². The molecule has 0 aromatic heterocycles. The fourth-order valence-electron chi connectivity index (χ4n) is 1.47. The van der Waals surface area contributed by atoms with Crippen molar-refractivity contribution in [2.24, 2.45) is 0 Å². The highest BCUT2D eigenvalue weighted by molar-refractivity contribution is 5.95. The van der Waals surface area contributed by atoms with Gasteiger partial charge in [-0.15, -0.1) is 0 Å². The average Bonchev–Trinajstić information content (AvgIpc) is 3.11. The predicted molar refractivity (Wildman–Crippen MR) is 60.1 cm³/mol. The SMILES string of the molecule is COc1ccc(C(=O)NC2CC2)cc1[N+](=O)[O-]. The summed E-state index contributed by atoms with van der Waals surface area (Å²) in [6.07, 6.45) is 1.95. The molecule has 0 bridgehead atoms. The zero-order valence-corrected chi connectivity index (χ0v) is 9.30. The summed E-state index contributed by atoms with van der Waals surface area (Å²) in [5.41, 5.74) is 0.0837. The number of carbonyl (C=O) groups is 1. The molecule has 1 fully saturated rings. The van der Waals surface area contributed by atoms with E-state index in [2.05, 4.69) is 5.32 Å². The van der Waals surface area contributed by atoms with Gasteiger partial charge in [0.2, 0.25) is 0 Å². The Morgan fingerprint density at radius 1 is 1.53 bits per heavy atom. The van der Waals surface area contributed by atoms with E-state index in [4.69, 9.17) is 4.74 Å². The van der Waals surface area contributed by atoms with Crippen LogP contribution >= 0.6 is 0 Å². The number of carbonyl (C=O) groups excluding carboxylic acids is 1. The highest BCUT2D eigenvalue weighted by Crippen LogP contribution is 2.28. The molecule has 0 spiro atoms. The maximum atomic E-state index is 11.7. The van der Waals surface area contributed by atoms with Gasteiger partial charge in [0.1, 0.15) is 0 Å². The number of hydrogen-bond acceptors (Lipinski definition) is 4. The van der Waals surface area contributed by atoms with Crippen molar-refractivity contribution >= 4 is 11.6 Å². The number of nitro groups is 1. The molecule has 6 heteroatoms. The minimum atomic E-state index is -0.563. The molecule has 2 rings (SSSR count). The standard InChI is InChI=1S/C11H12N2O4/c1-17-10-5-2-7(6-9(10)13(15)16)11(14)12-8-3-4-8/h2,5-6,8H,3-4H2,1H3,(H,12,14). The zero-order valence-electron chi connectivity index (χ0n) is 9.30. The van der Waals surface area contributed by atoms with Gasteiger partial charge in [-0.3, -0.25) is 14.9 Å². The van der Waals surface area contributed by atoms with Gasteiger partial charge in [-0.1, -0.05) is 0 Å². The molecule has 17 heavy (non-hydrogen) atoms. The van der Waals surface area contributed by atoms with Crippen molar-refractivity contribution in [1.29, 1.82) is 0 Å². The average molecular weight is 236 g/mol. The summed E-state index contributed by atoms with van der Waals surface area (Å²) in [5.74, 6) is -0.128. The van der Waals surface area contributed by atoms with Gasteiger partial charge >= 0.3 is 5.69 Å². The number of benzene rings is 1. The molecule has 0 atom stereocenters. The van der Waals surface area contributed by atoms with Crippen LogP contribution in [-0.2, 0) is 0 Å². The zero-order chi connectivity index (χ0) is 12.4. The Balaban J connectivity index is 2.25. The van der Waals surface area contributed by atoms with Crippen molar-refractivity contribution in [3.8, 4) is 5.75 Å². The molecule has 90 valence electrons. The molecule has 1 N–H and O–H groups in total. The van der Waals surface area contributed by atoms with Crippen LogP contribution in [0.15, 0.2) is 18.2 Å². The minimum Gasteiger partial charge on any atom is -0.490 e. The number of ether oxygens (including phenoxy) is 1. The van der Waals surface area contributed by atoms with Crippen molar-refractivity contribution in [3.63, 3.8) is 0 Å². The molecule has 6 nitrogen and oxygen atoms in total. The predicted octanol–water partition coefficient (Wildman–Crippen LogP) is 1.50. The highest BCUT2D eigenvalue weighted by Gasteiger charge is 2.25. The molecule has 1 amide bonds. The van der Waals surface area contributed by atoms with Crippen molar-refractivity contribution in [1.82, 2.24) is 5.32 Å². The monoisotopic (exact) mass is 236 g/mol. The van der Waals surface area contributed by atoms with E-state index in [9.17, 15) is 14.9 Å². The van der Waals surface area contributed by atoms with Crippen LogP contribution in [0.5, 0.6) is 5.75 Å². The van der Waals surface area contributed by atoms with Gasteiger partial charge < -0.3 is 10.1 Å². The van der Waals surface area contributed by atoms with E-state index < -0.39 is 4.92 Å². The van der Waals surface area contributed by atoms with Gasteiger partial charge in [0.25, 0.3) is 5.91 Å². The topological polar surface area (TPSA) is 81.5 Å². The van der Waals surface area contributed by atoms with E-state index in [1.165, 1.54) is 25.3 Å². The number of nitrogens with zero attached hydrogens (tertiary/aromatic N) is 1. The molecular formula is C11H12N2O4. The lowest BCUT2D eigenvalue weighted by Crippen LogP contribution is -2.25. The van der Waals surface area contributed by atoms with Crippen molar-refractivity contribution in [2.45, 2.75) is 18.9 Å². The van der Waals surface area contributed by atoms with E-state index in [0.29, 0.717) is 0 Å². The lowest BCUT2D eigenvalue weighted by molar-refractivity contribution is -0.385.